The third-order valence-corrected chi connectivity index (χ3v) is 5.90. The van der Waals surface area contributed by atoms with Gasteiger partial charge in [-0.1, -0.05) is 36.4 Å². The molecular formula is C20H24N4OS. The molecule has 4 rings (SSSR count). The molecule has 0 aliphatic carbocycles. The molecular weight excluding hydrogens is 344 g/mol. The highest BCUT2D eigenvalue weighted by Crippen LogP contribution is 2.22. The van der Waals surface area contributed by atoms with Gasteiger partial charge in [0.25, 0.3) is 5.91 Å². The molecule has 1 amide bonds. The molecule has 3 heterocycles. The van der Waals surface area contributed by atoms with Crippen LogP contribution in [-0.2, 0) is 0 Å². The van der Waals surface area contributed by atoms with Crippen molar-refractivity contribution in [2.45, 2.75) is 6.04 Å². The van der Waals surface area contributed by atoms with Crippen molar-refractivity contribution in [2.75, 3.05) is 49.1 Å². The smallest absolute Gasteiger partial charge is 0.272 e. The lowest BCUT2D eigenvalue weighted by Crippen LogP contribution is -2.46. The largest absolute Gasteiger partial charge is 0.353 e. The van der Waals surface area contributed by atoms with E-state index in [1.165, 1.54) is 5.56 Å². The van der Waals surface area contributed by atoms with Gasteiger partial charge in [-0.2, -0.15) is 11.8 Å². The number of carbonyl (C=O) groups excluding carboxylic acids is 1. The van der Waals surface area contributed by atoms with Crippen molar-refractivity contribution in [3.05, 3.63) is 59.8 Å². The molecule has 2 aromatic rings. The second-order valence-corrected chi connectivity index (χ2v) is 7.87. The van der Waals surface area contributed by atoms with Crippen molar-refractivity contribution >= 4 is 23.5 Å². The van der Waals surface area contributed by atoms with Crippen LogP contribution in [0.4, 0.5) is 5.82 Å². The lowest BCUT2D eigenvalue weighted by Gasteiger charge is -2.35. The molecule has 0 bridgehead atoms. The summed E-state index contributed by atoms with van der Waals surface area (Å²) in [6, 6.07) is 16.6. The van der Waals surface area contributed by atoms with E-state index in [2.05, 4.69) is 34.5 Å². The van der Waals surface area contributed by atoms with Crippen LogP contribution in [0.1, 0.15) is 22.1 Å². The van der Waals surface area contributed by atoms with E-state index in [1.54, 1.807) is 0 Å². The molecule has 2 aliphatic heterocycles. The first-order valence-corrected chi connectivity index (χ1v) is 10.3. The zero-order valence-electron chi connectivity index (χ0n) is 14.8. The summed E-state index contributed by atoms with van der Waals surface area (Å²) >= 11 is 1.91. The van der Waals surface area contributed by atoms with Gasteiger partial charge in [0.05, 0.1) is 0 Å². The maximum Gasteiger partial charge on any atom is 0.272 e. The van der Waals surface area contributed by atoms with E-state index >= 15 is 0 Å². The number of nitrogens with zero attached hydrogens (tertiary/aromatic N) is 3. The lowest BCUT2D eigenvalue weighted by atomic mass is 10.0. The quantitative estimate of drug-likeness (QED) is 0.902. The Morgan fingerprint density at radius 3 is 2.65 bits per heavy atom. The van der Waals surface area contributed by atoms with Gasteiger partial charge in [-0.15, -0.1) is 0 Å². The highest BCUT2D eigenvalue weighted by Gasteiger charge is 2.24. The van der Waals surface area contributed by atoms with Gasteiger partial charge in [-0.05, 0) is 17.7 Å². The number of pyridine rings is 1. The zero-order chi connectivity index (χ0) is 17.8. The fourth-order valence-electron chi connectivity index (χ4n) is 3.51. The van der Waals surface area contributed by atoms with Crippen molar-refractivity contribution in [1.82, 2.24) is 15.2 Å². The van der Waals surface area contributed by atoms with E-state index in [1.807, 2.05) is 40.9 Å². The summed E-state index contributed by atoms with van der Waals surface area (Å²) in [5, 5.41) is 3.58. The molecule has 0 radical (unpaired) electrons. The van der Waals surface area contributed by atoms with E-state index in [0.717, 1.165) is 50.0 Å². The Morgan fingerprint density at radius 1 is 1.04 bits per heavy atom. The summed E-state index contributed by atoms with van der Waals surface area (Å²) in [5.41, 5.74) is 1.85. The number of rotatable bonds is 3. The van der Waals surface area contributed by atoms with Gasteiger partial charge in [0.2, 0.25) is 0 Å². The molecule has 2 aliphatic rings. The molecule has 1 aromatic heterocycles. The molecule has 0 saturated carbocycles. The SMILES string of the molecule is O=C(c1cccc(N2CCNC(c3ccccc3)C2)n1)N1CCSCC1. The van der Waals surface area contributed by atoms with Crippen LogP contribution in [-0.4, -0.2) is 60.0 Å². The summed E-state index contributed by atoms with van der Waals surface area (Å²) in [6.07, 6.45) is 0. The normalized spacial score (nSPS) is 20.8. The average Bonchev–Trinajstić information content (AvgIpc) is 2.75. The number of carbonyl (C=O) groups is 1. The first kappa shape index (κ1) is 17.4. The summed E-state index contributed by atoms with van der Waals surface area (Å²) in [4.78, 5) is 21.6. The first-order chi connectivity index (χ1) is 12.8. The number of piperazine rings is 1. The number of nitrogens with one attached hydrogen (secondary N) is 1. The van der Waals surface area contributed by atoms with Gasteiger partial charge in [0.1, 0.15) is 11.5 Å². The number of amides is 1. The second kappa shape index (κ2) is 8.10. The molecule has 1 aromatic carbocycles. The summed E-state index contributed by atoms with van der Waals surface area (Å²) in [5.74, 6) is 2.98. The molecule has 1 N–H and O–H groups in total. The van der Waals surface area contributed by atoms with Crippen molar-refractivity contribution in [1.29, 1.82) is 0 Å². The van der Waals surface area contributed by atoms with Crippen LogP contribution in [0.15, 0.2) is 48.5 Å². The third kappa shape index (κ3) is 3.86. The van der Waals surface area contributed by atoms with Crippen LogP contribution in [0.2, 0.25) is 0 Å². The zero-order valence-corrected chi connectivity index (χ0v) is 15.6. The van der Waals surface area contributed by atoms with Crippen LogP contribution in [0.25, 0.3) is 0 Å². The van der Waals surface area contributed by atoms with E-state index in [9.17, 15) is 4.79 Å². The number of aromatic nitrogens is 1. The predicted molar refractivity (Wildman–Crippen MR) is 107 cm³/mol. The topological polar surface area (TPSA) is 48.5 Å². The van der Waals surface area contributed by atoms with E-state index in [0.29, 0.717) is 5.69 Å². The van der Waals surface area contributed by atoms with E-state index in [4.69, 9.17) is 4.98 Å². The number of hydrogen-bond donors (Lipinski definition) is 1. The molecule has 0 spiro atoms. The molecule has 1 unspecified atom stereocenters. The minimum absolute atomic E-state index is 0.0573. The highest BCUT2D eigenvalue weighted by atomic mass is 32.2. The molecule has 136 valence electrons. The molecule has 2 fully saturated rings. The van der Waals surface area contributed by atoms with Gasteiger partial charge >= 0.3 is 0 Å². The average molecular weight is 369 g/mol. The van der Waals surface area contributed by atoms with Crippen molar-refractivity contribution < 1.29 is 4.79 Å². The Labute approximate surface area is 158 Å². The molecule has 26 heavy (non-hydrogen) atoms. The van der Waals surface area contributed by atoms with Crippen LogP contribution >= 0.6 is 11.8 Å². The van der Waals surface area contributed by atoms with Crippen molar-refractivity contribution in [3.8, 4) is 0 Å². The Balaban J connectivity index is 1.49. The maximum atomic E-state index is 12.7. The Hall–Kier alpha value is -2.05. The minimum atomic E-state index is 0.0573. The first-order valence-electron chi connectivity index (χ1n) is 9.18. The molecule has 6 heteroatoms. The molecule has 1 atom stereocenters. The fraction of sp³-hybridized carbons (Fsp3) is 0.400. The number of thioether (sulfide) groups is 1. The number of hydrogen-bond acceptors (Lipinski definition) is 5. The summed E-state index contributed by atoms with van der Waals surface area (Å²) in [6.45, 7) is 4.30. The van der Waals surface area contributed by atoms with Crippen LogP contribution < -0.4 is 10.2 Å². The minimum Gasteiger partial charge on any atom is -0.353 e. The van der Waals surface area contributed by atoms with Crippen molar-refractivity contribution in [3.63, 3.8) is 0 Å². The van der Waals surface area contributed by atoms with Gasteiger partial charge in [-0.3, -0.25) is 4.79 Å². The standard InChI is InChI=1S/C20H24N4OS/c25-20(23-11-13-26-14-12-23)17-7-4-8-19(22-17)24-10-9-21-18(15-24)16-5-2-1-3-6-16/h1-8,18,21H,9-15H2. The van der Waals surface area contributed by atoms with Crippen LogP contribution in [0, 0.1) is 0 Å². The fourth-order valence-corrected chi connectivity index (χ4v) is 4.42. The summed E-state index contributed by atoms with van der Waals surface area (Å²) in [7, 11) is 0. The van der Waals surface area contributed by atoms with Gasteiger partial charge < -0.3 is 15.1 Å². The monoisotopic (exact) mass is 368 g/mol. The number of anilines is 1. The third-order valence-electron chi connectivity index (χ3n) is 4.95. The second-order valence-electron chi connectivity index (χ2n) is 6.65. The molecule has 5 nitrogen and oxygen atoms in total. The number of benzene rings is 1. The highest BCUT2D eigenvalue weighted by molar-refractivity contribution is 7.99. The molecule has 2 saturated heterocycles. The van der Waals surface area contributed by atoms with Crippen LogP contribution in [0.5, 0.6) is 0 Å². The van der Waals surface area contributed by atoms with Gasteiger partial charge in [0.15, 0.2) is 0 Å². The Kier molecular flexibility index (Phi) is 5.41. The van der Waals surface area contributed by atoms with E-state index < -0.39 is 0 Å². The van der Waals surface area contributed by atoms with E-state index in [-0.39, 0.29) is 11.9 Å². The maximum absolute atomic E-state index is 12.7. The Morgan fingerprint density at radius 2 is 1.85 bits per heavy atom. The van der Waals surface area contributed by atoms with Gasteiger partial charge in [0, 0.05) is 50.3 Å². The van der Waals surface area contributed by atoms with Crippen molar-refractivity contribution in [2.24, 2.45) is 0 Å². The predicted octanol–water partition coefficient (Wildman–Crippen LogP) is 2.42. The summed E-state index contributed by atoms with van der Waals surface area (Å²) < 4.78 is 0. The Bertz CT molecular complexity index is 748. The van der Waals surface area contributed by atoms with Crippen LogP contribution in [0.3, 0.4) is 0 Å². The lowest BCUT2D eigenvalue weighted by molar-refractivity contribution is 0.0766. The van der Waals surface area contributed by atoms with Gasteiger partial charge in [-0.25, -0.2) is 4.98 Å².